The van der Waals surface area contributed by atoms with Crippen LogP contribution in [0.25, 0.3) is 0 Å². The number of rotatable bonds is 3. The molecule has 3 rings (SSSR count). The highest BCUT2D eigenvalue weighted by Gasteiger charge is 2.34. The Hall–Kier alpha value is -1.34. The molecule has 0 radical (unpaired) electrons. The van der Waals surface area contributed by atoms with Crippen LogP contribution in [0.2, 0.25) is 0 Å². The summed E-state index contributed by atoms with van der Waals surface area (Å²) >= 11 is 0. The first kappa shape index (κ1) is 18.5. The van der Waals surface area contributed by atoms with Crippen molar-refractivity contribution in [2.24, 2.45) is 5.92 Å². The Morgan fingerprint density at radius 2 is 1.64 bits per heavy atom. The molecule has 0 aromatic heterocycles. The van der Waals surface area contributed by atoms with E-state index >= 15 is 0 Å². The molecule has 25 heavy (non-hydrogen) atoms. The van der Waals surface area contributed by atoms with Crippen LogP contribution < -0.4 is 5.32 Å². The molecule has 3 unspecified atom stereocenters. The Balaban J connectivity index is 1.39. The van der Waals surface area contributed by atoms with Crippen molar-refractivity contribution in [1.29, 1.82) is 0 Å². The van der Waals surface area contributed by atoms with Crippen LogP contribution >= 0.6 is 0 Å². The summed E-state index contributed by atoms with van der Waals surface area (Å²) in [7, 11) is 0. The van der Waals surface area contributed by atoms with Gasteiger partial charge in [0.1, 0.15) is 5.60 Å². The number of fused-ring (bicyclic) bond motifs is 2. The number of hydrogen-bond acceptors (Lipinski definition) is 5. The lowest BCUT2D eigenvalue weighted by molar-refractivity contribution is -0.132. The number of piperidine rings is 1. The van der Waals surface area contributed by atoms with Gasteiger partial charge in [0.2, 0.25) is 5.91 Å². The maximum atomic E-state index is 12.5. The summed E-state index contributed by atoms with van der Waals surface area (Å²) in [4.78, 5) is 30.6. The van der Waals surface area contributed by atoms with Gasteiger partial charge in [0.05, 0.1) is 6.54 Å². The first-order valence-corrected chi connectivity index (χ1v) is 9.53. The molecule has 2 bridgehead atoms. The molecule has 7 nitrogen and oxygen atoms in total. The van der Waals surface area contributed by atoms with E-state index in [1.54, 1.807) is 4.90 Å². The molecule has 3 atom stereocenters. The topological polar surface area (TPSA) is 65.1 Å². The molecule has 1 N–H and O–H groups in total. The van der Waals surface area contributed by atoms with Crippen molar-refractivity contribution < 1.29 is 14.3 Å². The van der Waals surface area contributed by atoms with Crippen molar-refractivity contribution in [2.45, 2.75) is 45.3 Å². The molecule has 3 heterocycles. The predicted octanol–water partition coefficient (Wildman–Crippen LogP) is 0.750. The average Bonchev–Trinajstić information content (AvgIpc) is 2.94. The van der Waals surface area contributed by atoms with Gasteiger partial charge < -0.3 is 24.8 Å². The number of piperazine rings is 1. The molecular weight excluding hydrogens is 320 g/mol. The Bertz CT molecular complexity index is 497. The van der Waals surface area contributed by atoms with E-state index in [2.05, 4.69) is 10.2 Å². The number of amides is 2. The Labute approximate surface area is 150 Å². The first-order chi connectivity index (χ1) is 11.8. The first-order valence-electron chi connectivity index (χ1n) is 9.53. The van der Waals surface area contributed by atoms with Crippen LogP contribution in [0.3, 0.4) is 0 Å². The van der Waals surface area contributed by atoms with Crippen molar-refractivity contribution in [3.63, 3.8) is 0 Å². The smallest absolute Gasteiger partial charge is 0.410 e. The maximum Gasteiger partial charge on any atom is 0.410 e. The van der Waals surface area contributed by atoms with Gasteiger partial charge in [-0.1, -0.05) is 0 Å². The standard InChI is InChI=1S/C18H32N4O3/c1-18(2,3)25-17(24)22-10-8-21(9-11-22)16(23)12-19-15-5-7-20-6-4-14(15)13-20/h14-15,19H,4-13H2,1-3H3. The summed E-state index contributed by atoms with van der Waals surface area (Å²) in [5, 5.41) is 3.49. The number of carbonyl (C=O) groups is 2. The van der Waals surface area contributed by atoms with E-state index in [1.807, 2.05) is 25.7 Å². The molecule has 142 valence electrons. The molecule has 0 aromatic rings. The Morgan fingerprint density at radius 1 is 1.00 bits per heavy atom. The van der Waals surface area contributed by atoms with E-state index in [1.165, 1.54) is 19.5 Å². The van der Waals surface area contributed by atoms with Gasteiger partial charge in [0, 0.05) is 38.8 Å². The van der Waals surface area contributed by atoms with E-state index in [-0.39, 0.29) is 12.0 Å². The molecule has 3 aliphatic heterocycles. The molecular formula is C18H32N4O3. The Morgan fingerprint density at radius 3 is 2.32 bits per heavy atom. The average molecular weight is 352 g/mol. The molecule has 3 saturated heterocycles. The minimum atomic E-state index is -0.482. The lowest BCUT2D eigenvalue weighted by Gasteiger charge is -2.36. The largest absolute Gasteiger partial charge is 0.444 e. The highest BCUT2D eigenvalue weighted by atomic mass is 16.6. The SMILES string of the molecule is CC(C)(C)OC(=O)N1CCN(C(=O)CNC2CCN3CCC2C3)CC1. The van der Waals surface area contributed by atoms with Crippen molar-refractivity contribution in [3.8, 4) is 0 Å². The van der Waals surface area contributed by atoms with Gasteiger partial charge in [0.25, 0.3) is 0 Å². The van der Waals surface area contributed by atoms with Crippen LogP contribution in [0.15, 0.2) is 0 Å². The zero-order valence-electron chi connectivity index (χ0n) is 15.8. The third kappa shape index (κ3) is 4.85. The fraction of sp³-hybridized carbons (Fsp3) is 0.889. The highest BCUT2D eigenvalue weighted by molar-refractivity contribution is 5.78. The van der Waals surface area contributed by atoms with E-state index in [0.717, 1.165) is 13.0 Å². The van der Waals surface area contributed by atoms with Crippen LogP contribution in [-0.4, -0.2) is 90.7 Å². The predicted molar refractivity (Wildman–Crippen MR) is 95.3 cm³/mol. The van der Waals surface area contributed by atoms with E-state index in [9.17, 15) is 9.59 Å². The van der Waals surface area contributed by atoms with Gasteiger partial charge in [-0.3, -0.25) is 4.79 Å². The van der Waals surface area contributed by atoms with Gasteiger partial charge in [-0.05, 0) is 52.6 Å². The molecule has 0 aliphatic carbocycles. The van der Waals surface area contributed by atoms with Crippen LogP contribution in [0.5, 0.6) is 0 Å². The molecule has 0 saturated carbocycles. The normalized spacial score (nSPS) is 29.6. The summed E-state index contributed by atoms with van der Waals surface area (Å²) in [6, 6.07) is 0.478. The molecule has 7 heteroatoms. The zero-order valence-corrected chi connectivity index (χ0v) is 15.8. The molecule has 0 aromatic carbocycles. The monoisotopic (exact) mass is 352 g/mol. The highest BCUT2D eigenvalue weighted by Crippen LogP contribution is 2.26. The Kier molecular flexibility index (Phi) is 5.53. The fourth-order valence-corrected chi connectivity index (χ4v) is 4.02. The van der Waals surface area contributed by atoms with Crippen LogP contribution in [0.4, 0.5) is 4.79 Å². The lowest BCUT2D eigenvalue weighted by Crippen LogP contribution is -2.54. The van der Waals surface area contributed by atoms with Crippen molar-refractivity contribution >= 4 is 12.0 Å². The molecule has 2 amide bonds. The quantitative estimate of drug-likeness (QED) is 0.812. The third-order valence-corrected chi connectivity index (χ3v) is 5.43. The minimum Gasteiger partial charge on any atom is -0.444 e. The number of nitrogens with one attached hydrogen (secondary N) is 1. The minimum absolute atomic E-state index is 0.143. The molecule has 0 spiro atoms. The molecule has 3 fully saturated rings. The second kappa shape index (κ2) is 7.50. The van der Waals surface area contributed by atoms with Crippen molar-refractivity contribution in [2.75, 3.05) is 52.4 Å². The van der Waals surface area contributed by atoms with Crippen LogP contribution in [-0.2, 0) is 9.53 Å². The van der Waals surface area contributed by atoms with Gasteiger partial charge in [0.15, 0.2) is 0 Å². The summed E-state index contributed by atoms with van der Waals surface area (Å²) in [5.74, 6) is 0.842. The number of ether oxygens (including phenoxy) is 1. The van der Waals surface area contributed by atoms with Gasteiger partial charge in [-0.25, -0.2) is 4.79 Å². The van der Waals surface area contributed by atoms with Gasteiger partial charge in [-0.2, -0.15) is 0 Å². The maximum absolute atomic E-state index is 12.5. The third-order valence-electron chi connectivity index (χ3n) is 5.43. The van der Waals surface area contributed by atoms with Gasteiger partial charge in [-0.15, -0.1) is 0 Å². The van der Waals surface area contributed by atoms with E-state index < -0.39 is 5.60 Å². The fourth-order valence-electron chi connectivity index (χ4n) is 4.02. The summed E-state index contributed by atoms with van der Waals surface area (Å²) in [5.41, 5.74) is -0.482. The number of hydrogen-bond donors (Lipinski definition) is 1. The summed E-state index contributed by atoms with van der Waals surface area (Å²) in [6.07, 6.45) is 2.11. The second-order valence-corrected chi connectivity index (χ2v) is 8.47. The van der Waals surface area contributed by atoms with Crippen LogP contribution in [0, 0.1) is 5.92 Å². The van der Waals surface area contributed by atoms with Crippen molar-refractivity contribution in [1.82, 2.24) is 20.0 Å². The van der Waals surface area contributed by atoms with E-state index in [0.29, 0.717) is 44.7 Å². The zero-order chi connectivity index (χ0) is 18.0. The summed E-state index contributed by atoms with van der Waals surface area (Å²) in [6.45, 7) is 11.8. The second-order valence-electron chi connectivity index (χ2n) is 8.47. The molecule has 3 aliphatic rings. The van der Waals surface area contributed by atoms with E-state index in [4.69, 9.17) is 4.74 Å². The number of nitrogens with zero attached hydrogens (tertiary/aromatic N) is 3. The summed E-state index contributed by atoms with van der Waals surface area (Å²) < 4.78 is 5.40. The number of carbonyl (C=O) groups excluding carboxylic acids is 2. The van der Waals surface area contributed by atoms with Crippen LogP contribution in [0.1, 0.15) is 33.6 Å². The van der Waals surface area contributed by atoms with Crippen molar-refractivity contribution in [3.05, 3.63) is 0 Å². The lowest BCUT2D eigenvalue weighted by atomic mass is 9.94. The van der Waals surface area contributed by atoms with Gasteiger partial charge >= 0.3 is 6.09 Å².